The predicted molar refractivity (Wildman–Crippen MR) is 94.0 cm³/mol. The number of halogens is 1. The molecule has 130 valence electrons. The molecule has 1 amide bonds. The summed E-state index contributed by atoms with van der Waals surface area (Å²) in [6.45, 7) is 5.80. The Morgan fingerprint density at radius 2 is 1.74 bits per heavy atom. The van der Waals surface area contributed by atoms with Gasteiger partial charge in [-0.2, -0.15) is 0 Å². The van der Waals surface area contributed by atoms with Crippen molar-refractivity contribution in [3.05, 3.63) is 23.8 Å². The van der Waals surface area contributed by atoms with Gasteiger partial charge in [0.2, 0.25) is 0 Å². The molecule has 0 aliphatic carbocycles. The van der Waals surface area contributed by atoms with Crippen LogP contribution in [0.15, 0.2) is 18.2 Å². The highest BCUT2D eigenvalue weighted by Gasteiger charge is 2.24. The maximum absolute atomic E-state index is 12.7. The van der Waals surface area contributed by atoms with E-state index in [-0.39, 0.29) is 18.3 Å². The topological polar surface area (TPSA) is 50.8 Å². The predicted octanol–water partition coefficient (Wildman–Crippen LogP) is 2.59. The van der Waals surface area contributed by atoms with Crippen LogP contribution in [0.5, 0.6) is 11.5 Å². The molecule has 0 atom stereocenters. The zero-order valence-corrected chi connectivity index (χ0v) is 14.9. The van der Waals surface area contributed by atoms with E-state index in [2.05, 4.69) is 12.2 Å². The number of carbonyl (C=O) groups is 1. The second-order valence-corrected chi connectivity index (χ2v) is 5.64. The van der Waals surface area contributed by atoms with Gasteiger partial charge in [0.1, 0.15) is 11.5 Å². The number of carbonyl (C=O) groups excluding carboxylic acids is 1. The quantitative estimate of drug-likeness (QED) is 0.863. The van der Waals surface area contributed by atoms with Crippen LogP contribution < -0.4 is 14.8 Å². The second kappa shape index (κ2) is 9.63. The van der Waals surface area contributed by atoms with E-state index in [1.54, 1.807) is 32.4 Å². The first-order valence-electron chi connectivity index (χ1n) is 7.91. The average Bonchev–Trinajstić information content (AvgIpc) is 2.59. The van der Waals surface area contributed by atoms with Crippen molar-refractivity contribution in [2.45, 2.75) is 19.8 Å². The fourth-order valence-electron chi connectivity index (χ4n) is 2.80. The summed E-state index contributed by atoms with van der Waals surface area (Å²) in [7, 11) is 3.19. The average molecular weight is 343 g/mol. The summed E-state index contributed by atoms with van der Waals surface area (Å²) in [5, 5.41) is 3.39. The largest absolute Gasteiger partial charge is 0.497 e. The summed E-state index contributed by atoms with van der Waals surface area (Å²) in [5.74, 6) is 2.01. The van der Waals surface area contributed by atoms with Gasteiger partial charge < -0.3 is 19.7 Å². The molecular weight excluding hydrogens is 316 g/mol. The van der Waals surface area contributed by atoms with Crippen molar-refractivity contribution < 1.29 is 14.3 Å². The molecule has 1 aliphatic heterocycles. The zero-order chi connectivity index (χ0) is 15.9. The van der Waals surface area contributed by atoms with Crippen LogP contribution in [0.4, 0.5) is 0 Å². The number of piperidine rings is 1. The van der Waals surface area contributed by atoms with Crippen LogP contribution in [0.1, 0.15) is 30.1 Å². The van der Waals surface area contributed by atoms with Gasteiger partial charge in [-0.05, 0) is 44.0 Å². The molecule has 1 aromatic rings. The third kappa shape index (κ3) is 5.29. The maximum atomic E-state index is 12.7. The molecule has 0 unspecified atom stereocenters. The number of nitrogens with one attached hydrogen (secondary N) is 1. The Kier molecular flexibility index (Phi) is 8.20. The maximum Gasteiger partial charge on any atom is 0.254 e. The second-order valence-electron chi connectivity index (χ2n) is 5.64. The summed E-state index contributed by atoms with van der Waals surface area (Å²) in [6.07, 6.45) is 2.11. The van der Waals surface area contributed by atoms with Crippen molar-refractivity contribution in [3.63, 3.8) is 0 Å². The van der Waals surface area contributed by atoms with Gasteiger partial charge in [-0.3, -0.25) is 4.79 Å². The summed E-state index contributed by atoms with van der Waals surface area (Å²) < 4.78 is 10.5. The Hall–Kier alpha value is -1.46. The van der Waals surface area contributed by atoms with Gasteiger partial charge in [-0.25, -0.2) is 0 Å². The van der Waals surface area contributed by atoms with Crippen molar-refractivity contribution in [1.29, 1.82) is 0 Å². The van der Waals surface area contributed by atoms with Gasteiger partial charge >= 0.3 is 0 Å². The minimum Gasteiger partial charge on any atom is -0.497 e. The molecule has 5 nitrogen and oxygen atoms in total. The van der Waals surface area contributed by atoms with Crippen LogP contribution in [0.25, 0.3) is 0 Å². The smallest absolute Gasteiger partial charge is 0.254 e. The van der Waals surface area contributed by atoms with Gasteiger partial charge in [-0.1, -0.05) is 6.92 Å². The zero-order valence-electron chi connectivity index (χ0n) is 14.1. The molecule has 0 spiro atoms. The summed E-state index contributed by atoms with van der Waals surface area (Å²) >= 11 is 0. The van der Waals surface area contributed by atoms with E-state index >= 15 is 0 Å². The van der Waals surface area contributed by atoms with Gasteiger partial charge in [0.15, 0.2) is 0 Å². The lowest BCUT2D eigenvalue weighted by Gasteiger charge is -2.32. The number of hydrogen-bond donors (Lipinski definition) is 1. The molecule has 1 heterocycles. The third-order valence-electron chi connectivity index (χ3n) is 4.18. The van der Waals surface area contributed by atoms with E-state index in [0.29, 0.717) is 23.0 Å². The SMILES string of the molecule is CCNCC1CCN(C(=O)c2cc(OC)cc(OC)c2)CC1.Cl. The molecule has 1 aromatic carbocycles. The Morgan fingerprint density at radius 1 is 1.17 bits per heavy atom. The number of rotatable bonds is 6. The number of likely N-dealkylation sites (tertiary alicyclic amines) is 1. The Labute approximate surface area is 144 Å². The molecule has 0 aromatic heterocycles. The first kappa shape index (κ1) is 19.6. The van der Waals surface area contributed by atoms with Crippen molar-refractivity contribution in [2.75, 3.05) is 40.4 Å². The number of benzene rings is 1. The molecule has 23 heavy (non-hydrogen) atoms. The highest BCUT2D eigenvalue weighted by atomic mass is 35.5. The van der Waals surface area contributed by atoms with Gasteiger partial charge in [0.05, 0.1) is 14.2 Å². The van der Waals surface area contributed by atoms with Crippen LogP contribution >= 0.6 is 12.4 Å². The van der Waals surface area contributed by atoms with E-state index in [1.807, 2.05) is 4.90 Å². The number of nitrogens with zero attached hydrogens (tertiary/aromatic N) is 1. The van der Waals surface area contributed by atoms with Crippen LogP contribution in [0.2, 0.25) is 0 Å². The lowest BCUT2D eigenvalue weighted by molar-refractivity contribution is 0.0689. The normalized spacial score (nSPS) is 15.0. The Morgan fingerprint density at radius 3 is 2.22 bits per heavy atom. The number of amides is 1. The lowest BCUT2D eigenvalue weighted by atomic mass is 9.96. The highest BCUT2D eigenvalue weighted by Crippen LogP contribution is 2.25. The lowest BCUT2D eigenvalue weighted by Crippen LogP contribution is -2.40. The minimum atomic E-state index is 0. The molecular formula is C17H27ClN2O3. The standard InChI is InChI=1S/C17H26N2O3.ClH/c1-4-18-12-13-5-7-19(8-6-13)17(20)14-9-15(21-2)11-16(10-14)22-3;/h9-11,13,18H,4-8,12H2,1-3H3;1H. The molecule has 1 N–H and O–H groups in total. The third-order valence-corrected chi connectivity index (χ3v) is 4.18. The van der Waals surface area contributed by atoms with Gasteiger partial charge in [0.25, 0.3) is 5.91 Å². The molecule has 6 heteroatoms. The molecule has 1 fully saturated rings. The van der Waals surface area contributed by atoms with E-state index in [9.17, 15) is 4.79 Å². The molecule has 0 radical (unpaired) electrons. The van der Waals surface area contributed by atoms with Crippen molar-refractivity contribution >= 4 is 18.3 Å². The summed E-state index contributed by atoms with van der Waals surface area (Å²) in [6, 6.07) is 5.32. The Bertz CT molecular complexity index is 480. The molecule has 1 saturated heterocycles. The molecule has 0 saturated carbocycles. The van der Waals surface area contributed by atoms with E-state index in [1.165, 1.54) is 0 Å². The van der Waals surface area contributed by atoms with Crippen LogP contribution in [-0.2, 0) is 0 Å². The Balaban J connectivity index is 0.00000264. The molecule has 0 bridgehead atoms. The minimum absolute atomic E-state index is 0. The van der Waals surface area contributed by atoms with Crippen LogP contribution in [0, 0.1) is 5.92 Å². The monoisotopic (exact) mass is 342 g/mol. The number of hydrogen-bond acceptors (Lipinski definition) is 4. The van der Waals surface area contributed by atoms with Gasteiger partial charge in [0, 0.05) is 24.7 Å². The van der Waals surface area contributed by atoms with Crippen molar-refractivity contribution in [3.8, 4) is 11.5 Å². The fraction of sp³-hybridized carbons (Fsp3) is 0.588. The van der Waals surface area contributed by atoms with Crippen LogP contribution in [0.3, 0.4) is 0 Å². The highest BCUT2D eigenvalue weighted by molar-refractivity contribution is 5.95. The van der Waals surface area contributed by atoms with E-state index in [0.717, 1.165) is 39.0 Å². The van der Waals surface area contributed by atoms with E-state index < -0.39 is 0 Å². The summed E-state index contributed by atoms with van der Waals surface area (Å²) in [5.41, 5.74) is 0.626. The van der Waals surface area contributed by atoms with Crippen LogP contribution in [-0.4, -0.2) is 51.2 Å². The molecule has 1 aliphatic rings. The molecule has 2 rings (SSSR count). The van der Waals surface area contributed by atoms with E-state index in [4.69, 9.17) is 9.47 Å². The van der Waals surface area contributed by atoms with Gasteiger partial charge in [-0.15, -0.1) is 12.4 Å². The first-order chi connectivity index (χ1) is 10.7. The number of methoxy groups -OCH3 is 2. The van der Waals surface area contributed by atoms with Crippen molar-refractivity contribution in [1.82, 2.24) is 10.2 Å². The number of ether oxygens (including phenoxy) is 2. The fourth-order valence-corrected chi connectivity index (χ4v) is 2.80. The van der Waals surface area contributed by atoms with Crippen molar-refractivity contribution in [2.24, 2.45) is 5.92 Å². The first-order valence-corrected chi connectivity index (χ1v) is 7.91. The summed E-state index contributed by atoms with van der Waals surface area (Å²) in [4.78, 5) is 14.6.